The lowest BCUT2D eigenvalue weighted by atomic mass is 10.1. The van der Waals surface area contributed by atoms with Crippen LogP contribution in [0.4, 0.5) is 9.18 Å². The van der Waals surface area contributed by atoms with Gasteiger partial charge >= 0.3 is 6.03 Å². The summed E-state index contributed by atoms with van der Waals surface area (Å²) in [6.45, 7) is 1.13. The number of urea groups is 1. The SMILES string of the molecule is O=C(NCc1ccccc1)N(CCc1c[nH]c2ccccc12)Cc1ccccc1F. The molecule has 1 heterocycles. The van der Waals surface area contributed by atoms with Crippen LogP contribution in [0, 0.1) is 5.82 Å². The fraction of sp³-hybridized carbons (Fsp3) is 0.160. The van der Waals surface area contributed by atoms with E-state index in [2.05, 4.69) is 16.4 Å². The number of carbonyl (C=O) groups is 1. The number of nitrogens with one attached hydrogen (secondary N) is 2. The zero-order valence-electron chi connectivity index (χ0n) is 16.6. The zero-order valence-corrected chi connectivity index (χ0v) is 16.6. The first-order valence-corrected chi connectivity index (χ1v) is 10.1. The van der Waals surface area contributed by atoms with E-state index in [-0.39, 0.29) is 18.4 Å². The Morgan fingerprint density at radius 3 is 2.47 bits per heavy atom. The Morgan fingerprint density at radius 1 is 0.900 bits per heavy atom. The van der Waals surface area contributed by atoms with Crippen molar-refractivity contribution in [3.05, 3.63) is 108 Å². The summed E-state index contributed by atoms with van der Waals surface area (Å²) in [5.74, 6) is -0.301. The van der Waals surface area contributed by atoms with Crippen LogP contribution in [0.3, 0.4) is 0 Å². The van der Waals surface area contributed by atoms with Crippen molar-refractivity contribution in [1.29, 1.82) is 0 Å². The highest BCUT2D eigenvalue weighted by Crippen LogP contribution is 2.19. The van der Waals surface area contributed by atoms with Crippen molar-refractivity contribution < 1.29 is 9.18 Å². The van der Waals surface area contributed by atoms with E-state index in [0.717, 1.165) is 22.0 Å². The molecule has 0 bridgehead atoms. The lowest BCUT2D eigenvalue weighted by Crippen LogP contribution is -2.40. The number of H-pyrrole nitrogens is 1. The van der Waals surface area contributed by atoms with Crippen LogP contribution in [0.1, 0.15) is 16.7 Å². The molecule has 0 aliphatic heterocycles. The smallest absolute Gasteiger partial charge is 0.317 e. The summed E-state index contributed by atoms with van der Waals surface area (Å²) in [4.78, 5) is 17.9. The molecule has 0 aliphatic carbocycles. The van der Waals surface area contributed by atoms with Gasteiger partial charge in [-0.25, -0.2) is 9.18 Å². The van der Waals surface area contributed by atoms with Gasteiger partial charge in [0.2, 0.25) is 0 Å². The summed E-state index contributed by atoms with van der Waals surface area (Å²) in [5, 5.41) is 4.11. The number of halogens is 1. The number of carbonyl (C=O) groups excluding carboxylic acids is 1. The van der Waals surface area contributed by atoms with E-state index in [9.17, 15) is 9.18 Å². The summed E-state index contributed by atoms with van der Waals surface area (Å²) in [6, 6.07) is 24.2. The summed E-state index contributed by atoms with van der Waals surface area (Å²) in [7, 11) is 0. The van der Waals surface area contributed by atoms with Crippen LogP contribution in [-0.4, -0.2) is 22.5 Å². The Morgan fingerprint density at radius 2 is 1.63 bits per heavy atom. The van der Waals surface area contributed by atoms with Crippen LogP contribution in [0.5, 0.6) is 0 Å². The molecule has 0 saturated heterocycles. The fourth-order valence-electron chi connectivity index (χ4n) is 3.56. The van der Waals surface area contributed by atoms with Crippen molar-refractivity contribution in [3.63, 3.8) is 0 Å². The highest BCUT2D eigenvalue weighted by Gasteiger charge is 2.16. The lowest BCUT2D eigenvalue weighted by molar-refractivity contribution is 0.194. The molecular formula is C25H24FN3O. The standard InChI is InChI=1S/C25H24FN3O/c26-23-12-6-4-10-21(23)18-29(25(30)28-16-19-8-2-1-3-9-19)15-14-20-17-27-24-13-7-5-11-22(20)24/h1-13,17,27H,14-16,18H2,(H,28,30). The van der Waals surface area contributed by atoms with E-state index in [0.29, 0.717) is 25.1 Å². The average Bonchev–Trinajstić information content (AvgIpc) is 3.20. The number of hydrogen-bond acceptors (Lipinski definition) is 1. The Labute approximate surface area is 175 Å². The first-order valence-electron chi connectivity index (χ1n) is 10.1. The lowest BCUT2D eigenvalue weighted by Gasteiger charge is -2.23. The van der Waals surface area contributed by atoms with Gasteiger partial charge in [-0.1, -0.05) is 66.7 Å². The van der Waals surface area contributed by atoms with Gasteiger partial charge in [-0.3, -0.25) is 0 Å². The minimum Gasteiger partial charge on any atom is -0.361 e. The number of hydrogen-bond donors (Lipinski definition) is 2. The normalized spacial score (nSPS) is 10.8. The molecule has 1 aromatic heterocycles. The van der Waals surface area contributed by atoms with E-state index in [1.165, 1.54) is 6.07 Å². The maximum atomic E-state index is 14.2. The minimum absolute atomic E-state index is 0.207. The second-order valence-corrected chi connectivity index (χ2v) is 7.27. The van der Waals surface area contributed by atoms with E-state index in [4.69, 9.17) is 0 Å². The molecule has 0 atom stereocenters. The van der Waals surface area contributed by atoms with Gasteiger partial charge in [-0.05, 0) is 29.7 Å². The molecule has 0 spiro atoms. The third-order valence-electron chi connectivity index (χ3n) is 5.22. The molecule has 0 radical (unpaired) electrons. The number of nitrogens with zero attached hydrogens (tertiary/aromatic N) is 1. The van der Waals surface area contributed by atoms with Crippen molar-refractivity contribution in [2.24, 2.45) is 0 Å². The first-order chi connectivity index (χ1) is 14.7. The molecular weight excluding hydrogens is 377 g/mol. The maximum Gasteiger partial charge on any atom is 0.317 e. The van der Waals surface area contributed by atoms with Crippen molar-refractivity contribution in [2.45, 2.75) is 19.5 Å². The third kappa shape index (κ3) is 4.69. The van der Waals surface area contributed by atoms with Gasteiger partial charge in [0.15, 0.2) is 0 Å². The molecule has 30 heavy (non-hydrogen) atoms. The molecule has 4 aromatic rings. The molecule has 0 unspecified atom stereocenters. The fourth-order valence-corrected chi connectivity index (χ4v) is 3.56. The molecule has 0 saturated carbocycles. The van der Waals surface area contributed by atoms with Crippen molar-refractivity contribution in [1.82, 2.24) is 15.2 Å². The van der Waals surface area contributed by atoms with Crippen LogP contribution in [0.15, 0.2) is 85.1 Å². The predicted octanol–water partition coefficient (Wildman–Crippen LogP) is 5.26. The first kappa shape index (κ1) is 19.7. The summed E-state index contributed by atoms with van der Waals surface area (Å²) in [5.41, 5.74) is 3.74. The van der Waals surface area contributed by atoms with Crippen LogP contribution < -0.4 is 5.32 Å². The second-order valence-electron chi connectivity index (χ2n) is 7.27. The van der Waals surface area contributed by atoms with Gasteiger partial charge in [0.25, 0.3) is 0 Å². The highest BCUT2D eigenvalue weighted by atomic mass is 19.1. The Balaban J connectivity index is 1.48. The number of amides is 2. The third-order valence-corrected chi connectivity index (χ3v) is 5.22. The number of aromatic amines is 1. The van der Waals surface area contributed by atoms with Gasteiger partial charge in [-0.2, -0.15) is 0 Å². The summed E-state index contributed by atoms with van der Waals surface area (Å²) in [6.07, 6.45) is 2.66. The van der Waals surface area contributed by atoms with E-state index in [1.807, 2.05) is 54.7 Å². The van der Waals surface area contributed by atoms with E-state index < -0.39 is 0 Å². The quantitative estimate of drug-likeness (QED) is 0.436. The zero-order chi connectivity index (χ0) is 20.8. The Kier molecular flexibility index (Phi) is 6.09. The number of benzene rings is 3. The molecule has 2 amide bonds. The van der Waals surface area contributed by atoms with Gasteiger partial charge in [-0.15, -0.1) is 0 Å². The monoisotopic (exact) mass is 401 g/mol. The average molecular weight is 401 g/mol. The predicted molar refractivity (Wildman–Crippen MR) is 117 cm³/mol. The topological polar surface area (TPSA) is 48.1 Å². The van der Waals surface area contributed by atoms with Crippen molar-refractivity contribution in [3.8, 4) is 0 Å². The van der Waals surface area contributed by atoms with Crippen LogP contribution in [0.25, 0.3) is 10.9 Å². The molecule has 3 aromatic carbocycles. The Hall–Kier alpha value is -3.60. The molecule has 5 heteroatoms. The highest BCUT2D eigenvalue weighted by molar-refractivity contribution is 5.83. The van der Waals surface area contributed by atoms with Crippen molar-refractivity contribution in [2.75, 3.05) is 6.54 Å². The molecule has 2 N–H and O–H groups in total. The molecule has 4 nitrogen and oxygen atoms in total. The molecule has 152 valence electrons. The van der Waals surface area contributed by atoms with Gasteiger partial charge in [0.1, 0.15) is 5.82 Å². The molecule has 0 aliphatic rings. The van der Waals surface area contributed by atoms with Gasteiger partial charge in [0, 0.05) is 35.8 Å². The summed E-state index contributed by atoms with van der Waals surface area (Å²) < 4.78 is 14.2. The number of aromatic nitrogens is 1. The van der Waals surface area contributed by atoms with Gasteiger partial charge < -0.3 is 15.2 Å². The van der Waals surface area contributed by atoms with Crippen molar-refractivity contribution >= 4 is 16.9 Å². The molecule has 0 fully saturated rings. The number of rotatable bonds is 7. The van der Waals surface area contributed by atoms with Gasteiger partial charge in [0.05, 0.1) is 6.54 Å². The second kappa shape index (κ2) is 9.27. The minimum atomic E-state index is -0.301. The largest absolute Gasteiger partial charge is 0.361 e. The number of fused-ring (bicyclic) bond motifs is 1. The van der Waals surface area contributed by atoms with Crippen LogP contribution in [0.2, 0.25) is 0 Å². The summed E-state index contributed by atoms with van der Waals surface area (Å²) >= 11 is 0. The number of para-hydroxylation sites is 1. The van der Waals surface area contributed by atoms with Crippen LogP contribution >= 0.6 is 0 Å². The van der Waals surface area contributed by atoms with Crippen LogP contribution in [-0.2, 0) is 19.5 Å². The van der Waals surface area contributed by atoms with E-state index in [1.54, 1.807) is 23.1 Å². The molecule has 4 rings (SSSR count). The van der Waals surface area contributed by atoms with E-state index >= 15 is 0 Å². The maximum absolute atomic E-state index is 14.2. The Bertz CT molecular complexity index is 1120.